The molecular formula is C14H9IN2O4S. The third-order valence-electron chi connectivity index (χ3n) is 3.21. The van der Waals surface area contributed by atoms with E-state index in [9.17, 15) is 18.5 Å². The number of nitrogens with zero attached hydrogens (tertiary/aromatic N) is 2. The maximum atomic E-state index is 12.8. The topological polar surface area (TPSA) is 82.2 Å². The van der Waals surface area contributed by atoms with Crippen molar-refractivity contribution in [3.63, 3.8) is 0 Å². The number of hydrogen-bond acceptors (Lipinski definition) is 4. The highest BCUT2D eigenvalue weighted by molar-refractivity contribution is 14.1. The standard InChI is InChI=1S/C14H9IN2O4S/c15-14-9-11-12(7-4-8-13(11)17(18)19)16(14)22(20,21)10-5-2-1-3-6-10/h1-9H. The maximum absolute atomic E-state index is 12.8. The van der Waals surface area contributed by atoms with E-state index < -0.39 is 14.9 Å². The van der Waals surface area contributed by atoms with E-state index >= 15 is 0 Å². The van der Waals surface area contributed by atoms with Crippen LogP contribution in [0.25, 0.3) is 10.9 Å². The molecule has 0 amide bonds. The van der Waals surface area contributed by atoms with Crippen molar-refractivity contribution in [2.75, 3.05) is 0 Å². The van der Waals surface area contributed by atoms with Gasteiger partial charge in [-0.1, -0.05) is 24.3 Å². The summed E-state index contributed by atoms with van der Waals surface area (Å²) in [6.07, 6.45) is 0. The van der Waals surface area contributed by atoms with Crippen LogP contribution >= 0.6 is 22.6 Å². The van der Waals surface area contributed by atoms with Crippen molar-refractivity contribution in [2.45, 2.75) is 4.90 Å². The molecule has 0 aliphatic carbocycles. The van der Waals surface area contributed by atoms with Crippen LogP contribution in [0.15, 0.2) is 59.5 Å². The molecule has 2 aromatic carbocycles. The average molecular weight is 428 g/mol. The Kier molecular flexibility index (Phi) is 3.65. The molecule has 3 rings (SSSR count). The van der Waals surface area contributed by atoms with Crippen LogP contribution in [0.2, 0.25) is 0 Å². The van der Waals surface area contributed by atoms with Crippen LogP contribution in [0.5, 0.6) is 0 Å². The van der Waals surface area contributed by atoms with Crippen molar-refractivity contribution >= 4 is 49.2 Å². The van der Waals surface area contributed by atoms with Gasteiger partial charge in [-0.3, -0.25) is 10.1 Å². The zero-order chi connectivity index (χ0) is 15.9. The Hall–Kier alpha value is -1.94. The van der Waals surface area contributed by atoms with Crippen LogP contribution in [0.1, 0.15) is 0 Å². The number of non-ortho nitro benzene ring substituents is 1. The van der Waals surface area contributed by atoms with Gasteiger partial charge in [-0.05, 0) is 46.9 Å². The predicted molar refractivity (Wildman–Crippen MR) is 90.3 cm³/mol. The van der Waals surface area contributed by atoms with Crippen molar-refractivity contribution in [1.29, 1.82) is 0 Å². The van der Waals surface area contributed by atoms with Gasteiger partial charge in [0.25, 0.3) is 15.7 Å². The van der Waals surface area contributed by atoms with E-state index in [1.54, 1.807) is 24.3 Å². The van der Waals surface area contributed by atoms with E-state index in [4.69, 9.17) is 0 Å². The largest absolute Gasteiger partial charge is 0.278 e. The van der Waals surface area contributed by atoms with E-state index in [2.05, 4.69) is 0 Å². The number of fused-ring (bicyclic) bond motifs is 1. The Balaban J connectivity index is 2.36. The molecule has 1 heterocycles. The summed E-state index contributed by atoms with van der Waals surface area (Å²) in [6.45, 7) is 0. The lowest BCUT2D eigenvalue weighted by atomic mass is 10.2. The summed E-state index contributed by atoms with van der Waals surface area (Å²) in [7, 11) is -3.81. The zero-order valence-electron chi connectivity index (χ0n) is 11.0. The first-order chi connectivity index (χ1) is 10.4. The molecular weight excluding hydrogens is 419 g/mol. The molecule has 0 radical (unpaired) electrons. The Morgan fingerprint density at radius 2 is 1.73 bits per heavy atom. The quantitative estimate of drug-likeness (QED) is 0.364. The summed E-state index contributed by atoms with van der Waals surface area (Å²) in [5.41, 5.74) is 0.180. The van der Waals surface area contributed by atoms with Crippen LogP contribution in [-0.2, 0) is 10.0 Å². The Morgan fingerprint density at radius 3 is 2.36 bits per heavy atom. The normalized spacial score (nSPS) is 11.7. The van der Waals surface area contributed by atoms with E-state index in [-0.39, 0.29) is 10.6 Å². The van der Waals surface area contributed by atoms with E-state index in [0.29, 0.717) is 14.6 Å². The molecule has 0 bridgehead atoms. The van der Waals surface area contributed by atoms with Gasteiger partial charge in [-0.2, -0.15) is 0 Å². The van der Waals surface area contributed by atoms with Gasteiger partial charge in [0.1, 0.15) is 0 Å². The predicted octanol–water partition coefficient (Wildman–Crippen LogP) is 3.39. The SMILES string of the molecule is O=[N+]([O-])c1cccc2c1cc(I)n2S(=O)(=O)c1ccccc1. The first kappa shape index (κ1) is 15.0. The van der Waals surface area contributed by atoms with Gasteiger partial charge in [0.2, 0.25) is 0 Å². The summed E-state index contributed by atoms with van der Waals surface area (Å²) in [5.74, 6) is 0. The molecule has 112 valence electrons. The molecule has 1 aromatic heterocycles. The van der Waals surface area contributed by atoms with Crippen molar-refractivity contribution in [3.8, 4) is 0 Å². The van der Waals surface area contributed by atoms with Gasteiger partial charge in [-0.25, -0.2) is 12.4 Å². The monoisotopic (exact) mass is 428 g/mol. The van der Waals surface area contributed by atoms with E-state index in [0.717, 1.165) is 3.97 Å². The molecule has 0 saturated heterocycles. The number of nitro benzene ring substituents is 1. The fraction of sp³-hybridized carbons (Fsp3) is 0. The van der Waals surface area contributed by atoms with Crippen molar-refractivity contribution in [3.05, 3.63) is 68.4 Å². The smallest absolute Gasteiger partial charge is 0.258 e. The lowest BCUT2D eigenvalue weighted by molar-refractivity contribution is -0.383. The lowest BCUT2D eigenvalue weighted by Gasteiger charge is -2.09. The molecule has 6 nitrogen and oxygen atoms in total. The molecule has 0 unspecified atom stereocenters. The van der Waals surface area contributed by atoms with Crippen LogP contribution in [0.4, 0.5) is 5.69 Å². The lowest BCUT2D eigenvalue weighted by Crippen LogP contribution is -2.14. The van der Waals surface area contributed by atoms with Gasteiger partial charge < -0.3 is 0 Å². The molecule has 0 N–H and O–H groups in total. The number of rotatable bonds is 3. The minimum atomic E-state index is -3.81. The minimum absolute atomic E-state index is 0.113. The first-order valence-electron chi connectivity index (χ1n) is 6.18. The second kappa shape index (κ2) is 5.36. The fourth-order valence-corrected chi connectivity index (χ4v) is 5.02. The molecule has 0 aliphatic rings. The third-order valence-corrected chi connectivity index (χ3v) is 6.08. The summed E-state index contributed by atoms with van der Waals surface area (Å²) in [5, 5.41) is 11.4. The highest BCUT2D eigenvalue weighted by Gasteiger charge is 2.25. The molecule has 3 aromatic rings. The van der Waals surface area contributed by atoms with Gasteiger partial charge in [0.15, 0.2) is 0 Å². The molecule has 0 aliphatic heterocycles. The number of nitro groups is 1. The minimum Gasteiger partial charge on any atom is -0.258 e. The van der Waals surface area contributed by atoms with Gasteiger partial charge in [0, 0.05) is 6.07 Å². The highest BCUT2D eigenvalue weighted by Crippen LogP contribution is 2.32. The molecule has 0 fully saturated rings. The fourth-order valence-electron chi connectivity index (χ4n) is 2.26. The van der Waals surface area contributed by atoms with Gasteiger partial charge >= 0.3 is 0 Å². The summed E-state index contributed by atoms with van der Waals surface area (Å²) < 4.78 is 27.1. The van der Waals surface area contributed by atoms with Crippen LogP contribution in [0.3, 0.4) is 0 Å². The second-order valence-electron chi connectivity index (χ2n) is 4.52. The molecule has 0 saturated carbocycles. The van der Waals surface area contributed by atoms with E-state index in [1.165, 1.54) is 30.3 Å². The van der Waals surface area contributed by atoms with Crippen LogP contribution in [0, 0.1) is 13.8 Å². The van der Waals surface area contributed by atoms with Crippen molar-refractivity contribution in [1.82, 2.24) is 3.97 Å². The summed E-state index contributed by atoms with van der Waals surface area (Å²) in [6, 6.07) is 13.9. The maximum Gasteiger partial charge on any atom is 0.278 e. The van der Waals surface area contributed by atoms with Crippen molar-refractivity contribution in [2.24, 2.45) is 0 Å². The summed E-state index contributed by atoms with van der Waals surface area (Å²) >= 11 is 1.87. The van der Waals surface area contributed by atoms with E-state index in [1.807, 2.05) is 22.6 Å². The second-order valence-corrected chi connectivity index (χ2v) is 7.41. The summed E-state index contributed by atoms with van der Waals surface area (Å²) in [4.78, 5) is 10.7. The Morgan fingerprint density at radius 1 is 1.05 bits per heavy atom. The Labute approximate surface area is 139 Å². The Bertz CT molecular complexity index is 981. The van der Waals surface area contributed by atoms with Gasteiger partial charge in [-0.15, -0.1) is 0 Å². The number of aromatic nitrogens is 1. The average Bonchev–Trinajstić information content (AvgIpc) is 2.84. The van der Waals surface area contributed by atoms with Crippen molar-refractivity contribution < 1.29 is 13.3 Å². The molecule has 0 spiro atoms. The third kappa shape index (κ3) is 2.28. The van der Waals surface area contributed by atoms with Crippen LogP contribution < -0.4 is 0 Å². The molecule has 22 heavy (non-hydrogen) atoms. The first-order valence-corrected chi connectivity index (χ1v) is 8.70. The highest BCUT2D eigenvalue weighted by atomic mass is 127. The number of halogens is 1. The van der Waals surface area contributed by atoms with Gasteiger partial charge in [0.05, 0.1) is 24.4 Å². The number of benzene rings is 2. The number of hydrogen-bond donors (Lipinski definition) is 0. The van der Waals surface area contributed by atoms with Crippen LogP contribution in [-0.4, -0.2) is 17.3 Å². The molecule has 8 heteroatoms. The zero-order valence-corrected chi connectivity index (χ0v) is 14.0. The molecule has 0 atom stereocenters.